The van der Waals surface area contributed by atoms with Gasteiger partial charge in [-0.1, -0.05) is 11.6 Å². The SMILES string of the molecule is CC(C)NS(=O)(=O)Nc1cc(Cl)ccc1Br. The van der Waals surface area contributed by atoms with Gasteiger partial charge in [0.05, 0.1) is 5.69 Å². The van der Waals surface area contributed by atoms with E-state index in [1.54, 1.807) is 26.0 Å². The van der Waals surface area contributed by atoms with Crippen LogP contribution in [0.1, 0.15) is 13.8 Å². The summed E-state index contributed by atoms with van der Waals surface area (Å²) in [6.45, 7) is 3.48. The number of benzene rings is 1. The summed E-state index contributed by atoms with van der Waals surface area (Å²) in [6, 6.07) is 4.70. The lowest BCUT2D eigenvalue weighted by Crippen LogP contribution is -2.35. The Morgan fingerprint density at radius 3 is 2.56 bits per heavy atom. The zero-order valence-electron chi connectivity index (χ0n) is 8.79. The molecule has 0 fully saturated rings. The van der Waals surface area contributed by atoms with E-state index < -0.39 is 10.2 Å². The van der Waals surface area contributed by atoms with Crippen molar-refractivity contribution in [2.24, 2.45) is 0 Å². The summed E-state index contributed by atoms with van der Waals surface area (Å²) < 4.78 is 28.6. The molecule has 16 heavy (non-hydrogen) atoms. The molecule has 0 aliphatic carbocycles. The Bertz CT molecular complexity index is 476. The molecule has 1 rings (SSSR count). The molecule has 0 radical (unpaired) electrons. The fraction of sp³-hybridized carbons (Fsp3) is 0.333. The predicted octanol–water partition coefficient (Wildman–Crippen LogP) is 2.76. The van der Waals surface area contributed by atoms with Crippen molar-refractivity contribution in [2.75, 3.05) is 4.72 Å². The first kappa shape index (κ1) is 13.8. The molecule has 90 valence electrons. The number of halogens is 2. The summed E-state index contributed by atoms with van der Waals surface area (Å²) in [5.74, 6) is 0. The third-order valence-corrected chi connectivity index (χ3v) is 3.76. The maximum Gasteiger partial charge on any atom is 0.299 e. The van der Waals surface area contributed by atoms with Gasteiger partial charge in [-0.2, -0.15) is 13.1 Å². The van der Waals surface area contributed by atoms with Gasteiger partial charge in [-0.05, 0) is 48.0 Å². The summed E-state index contributed by atoms with van der Waals surface area (Å²) in [7, 11) is -3.56. The Balaban J connectivity index is 2.92. The van der Waals surface area contributed by atoms with Crippen molar-refractivity contribution >= 4 is 43.4 Å². The van der Waals surface area contributed by atoms with Gasteiger partial charge in [0.1, 0.15) is 0 Å². The Labute approximate surface area is 109 Å². The molecular weight excluding hydrogens is 316 g/mol. The van der Waals surface area contributed by atoms with Crippen molar-refractivity contribution in [3.05, 3.63) is 27.7 Å². The third-order valence-electron chi connectivity index (χ3n) is 1.56. The fourth-order valence-corrected chi connectivity index (χ4v) is 2.85. The van der Waals surface area contributed by atoms with E-state index in [1.807, 2.05) is 0 Å². The predicted molar refractivity (Wildman–Crippen MR) is 70.0 cm³/mol. The molecule has 4 nitrogen and oxygen atoms in total. The van der Waals surface area contributed by atoms with Crippen LogP contribution in [0.2, 0.25) is 5.02 Å². The van der Waals surface area contributed by atoms with Gasteiger partial charge in [0.25, 0.3) is 10.2 Å². The van der Waals surface area contributed by atoms with Crippen LogP contribution in [0, 0.1) is 0 Å². The Morgan fingerprint density at radius 2 is 2.00 bits per heavy atom. The highest BCUT2D eigenvalue weighted by Gasteiger charge is 2.13. The second-order valence-corrected chi connectivity index (χ2v) is 6.24. The average Bonchev–Trinajstić information content (AvgIpc) is 2.08. The van der Waals surface area contributed by atoms with Gasteiger partial charge < -0.3 is 0 Å². The molecule has 0 bridgehead atoms. The molecule has 0 saturated carbocycles. The molecule has 0 atom stereocenters. The highest BCUT2D eigenvalue weighted by Crippen LogP contribution is 2.26. The second-order valence-electron chi connectivity index (χ2n) is 3.50. The van der Waals surface area contributed by atoms with E-state index in [2.05, 4.69) is 25.4 Å². The second kappa shape index (κ2) is 5.35. The zero-order valence-corrected chi connectivity index (χ0v) is 11.9. The van der Waals surface area contributed by atoms with Gasteiger partial charge in [0, 0.05) is 15.5 Å². The standard InChI is InChI=1S/C9H12BrClN2O2S/c1-6(2)12-16(14,15)13-9-5-7(11)3-4-8(9)10/h3-6,12-13H,1-2H3. The molecule has 0 aliphatic heterocycles. The molecule has 0 unspecified atom stereocenters. The van der Waals surface area contributed by atoms with E-state index in [-0.39, 0.29) is 6.04 Å². The minimum Gasteiger partial charge on any atom is -0.270 e. The summed E-state index contributed by atoms with van der Waals surface area (Å²) in [4.78, 5) is 0. The largest absolute Gasteiger partial charge is 0.299 e. The smallest absolute Gasteiger partial charge is 0.270 e. The minimum atomic E-state index is -3.56. The average molecular weight is 328 g/mol. The molecule has 0 aliphatic rings. The van der Waals surface area contributed by atoms with Crippen LogP contribution in [0.25, 0.3) is 0 Å². The van der Waals surface area contributed by atoms with Crippen LogP contribution < -0.4 is 9.44 Å². The molecule has 0 heterocycles. The molecule has 7 heteroatoms. The lowest BCUT2D eigenvalue weighted by atomic mass is 10.3. The summed E-state index contributed by atoms with van der Waals surface area (Å²) >= 11 is 9.01. The number of hydrogen-bond donors (Lipinski definition) is 2. The van der Waals surface area contributed by atoms with Crippen LogP contribution in [0.5, 0.6) is 0 Å². The van der Waals surface area contributed by atoms with Crippen LogP contribution >= 0.6 is 27.5 Å². The molecule has 0 amide bonds. The minimum absolute atomic E-state index is 0.171. The Morgan fingerprint density at radius 1 is 1.38 bits per heavy atom. The van der Waals surface area contributed by atoms with Gasteiger partial charge in [0.2, 0.25) is 0 Å². The molecule has 0 saturated heterocycles. The fourth-order valence-electron chi connectivity index (χ4n) is 1.06. The molecule has 1 aromatic carbocycles. The third kappa shape index (κ3) is 4.29. The number of anilines is 1. The first-order valence-electron chi connectivity index (χ1n) is 4.55. The van der Waals surface area contributed by atoms with Gasteiger partial charge in [-0.25, -0.2) is 0 Å². The van der Waals surface area contributed by atoms with Gasteiger partial charge in [-0.3, -0.25) is 4.72 Å². The maximum absolute atomic E-state index is 11.6. The van der Waals surface area contributed by atoms with E-state index in [1.165, 1.54) is 6.07 Å². The normalized spacial score (nSPS) is 11.8. The Hall–Kier alpha value is -0.300. The van der Waals surface area contributed by atoms with Crippen LogP contribution in [0.4, 0.5) is 5.69 Å². The number of nitrogens with one attached hydrogen (secondary N) is 2. The summed E-state index contributed by atoms with van der Waals surface area (Å²) in [5.41, 5.74) is 0.403. The lowest BCUT2D eigenvalue weighted by Gasteiger charge is -2.12. The van der Waals surface area contributed by atoms with Crippen LogP contribution in [-0.2, 0) is 10.2 Å². The molecule has 0 aromatic heterocycles. The zero-order chi connectivity index (χ0) is 12.3. The first-order valence-corrected chi connectivity index (χ1v) is 7.21. The van der Waals surface area contributed by atoms with Gasteiger partial charge >= 0.3 is 0 Å². The van der Waals surface area contributed by atoms with Gasteiger partial charge in [0.15, 0.2) is 0 Å². The van der Waals surface area contributed by atoms with Crippen LogP contribution in [-0.4, -0.2) is 14.5 Å². The monoisotopic (exact) mass is 326 g/mol. The first-order chi connectivity index (χ1) is 7.30. The van der Waals surface area contributed by atoms with Crippen molar-refractivity contribution in [3.63, 3.8) is 0 Å². The van der Waals surface area contributed by atoms with E-state index >= 15 is 0 Å². The van der Waals surface area contributed by atoms with E-state index in [0.29, 0.717) is 15.2 Å². The molecule has 0 spiro atoms. The molecule has 1 aromatic rings. The van der Waals surface area contributed by atoms with Crippen molar-refractivity contribution in [2.45, 2.75) is 19.9 Å². The number of hydrogen-bond acceptors (Lipinski definition) is 2. The van der Waals surface area contributed by atoms with Gasteiger partial charge in [-0.15, -0.1) is 0 Å². The lowest BCUT2D eigenvalue weighted by molar-refractivity contribution is 0.575. The highest BCUT2D eigenvalue weighted by atomic mass is 79.9. The highest BCUT2D eigenvalue weighted by molar-refractivity contribution is 9.10. The summed E-state index contributed by atoms with van der Waals surface area (Å²) in [6.07, 6.45) is 0. The van der Waals surface area contributed by atoms with E-state index in [4.69, 9.17) is 11.6 Å². The summed E-state index contributed by atoms with van der Waals surface area (Å²) in [5, 5.41) is 0.463. The van der Waals surface area contributed by atoms with Crippen LogP contribution in [0.3, 0.4) is 0 Å². The van der Waals surface area contributed by atoms with E-state index in [0.717, 1.165) is 0 Å². The maximum atomic E-state index is 11.6. The van der Waals surface area contributed by atoms with Crippen molar-refractivity contribution in [1.82, 2.24) is 4.72 Å². The topological polar surface area (TPSA) is 58.2 Å². The van der Waals surface area contributed by atoms with Crippen molar-refractivity contribution in [3.8, 4) is 0 Å². The van der Waals surface area contributed by atoms with E-state index in [9.17, 15) is 8.42 Å². The Kier molecular flexibility index (Phi) is 4.61. The number of rotatable bonds is 4. The van der Waals surface area contributed by atoms with Crippen molar-refractivity contribution in [1.29, 1.82) is 0 Å². The molecular formula is C9H12BrClN2O2S. The van der Waals surface area contributed by atoms with Crippen LogP contribution in [0.15, 0.2) is 22.7 Å². The molecule has 2 N–H and O–H groups in total. The van der Waals surface area contributed by atoms with Crippen molar-refractivity contribution < 1.29 is 8.42 Å². The quantitative estimate of drug-likeness (QED) is 0.893.